The Kier molecular flexibility index (Phi) is 8.81. The number of hydrogen-bond acceptors (Lipinski definition) is 7. The molecule has 0 amide bonds. The SMILES string of the molecule is CC(=O)Oc1ccccc1C(=O)O.COC(=O)[C@H](c1ccccc1Cl)N1CCc2sccc2C1. The number of fused-ring (bicyclic) bond motifs is 1. The maximum atomic E-state index is 12.3. The minimum absolute atomic E-state index is 0.0160. The van der Waals surface area contributed by atoms with E-state index in [4.69, 9.17) is 21.4 Å². The average Bonchev–Trinajstić information content (AvgIpc) is 3.29. The fraction of sp³-hybridized carbons (Fsp3) is 0.240. The molecule has 0 saturated carbocycles. The van der Waals surface area contributed by atoms with Gasteiger partial charge in [-0.15, -0.1) is 11.3 Å². The first-order valence-corrected chi connectivity index (χ1v) is 11.7. The van der Waals surface area contributed by atoms with Gasteiger partial charge in [-0.3, -0.25) is 9.69 Å². The van der Waals surface area contributed by atoms with Gasteiger partial charge in [-0.25, -0.2) is 9.59 Å². The first kappa shape index (κ1) is 25.4. The van der Waals surface area contributed by atoms with E-state index >= 15 is 0 Å². The van der Waals surface area contributed by atoms with Crippen molar-refractivity contribution in [1.29, 1.82) is 0 Å². The number of thiophene rings is 1. The van der Waals surface area contributed by atoms with Crippen LogP contribution in [0, 0.1) is 0 Å². The Morgan fingerprint density at radius 3 is 2.47 bits per heavy atom. The third kappa shape index (κ3) is 6.22. The van der Waals surface area contributed by atoms with Crippen LogP contribution in [-0.2, 0) is 27.3 Å². The normalized spacial score (nSPS) is 13.6. The molecule has 1 aromatic heterocycles. The average molecular weight is 502 g/mol. The van der Waals surface area contributed by atoms with Crippen molar-refractivity contribution >= 4 is 40.8 Å². The van der Waals surface area contributed by atoms with Crippen LogP contribution in [0.15, 0.2) is 60.0 Å². The lowest BCUT2D eigenvalue weighted by atomic mass is 10.0. The van der Waals surface area contributed by atoms with Gasteiger partial charge >= 0.3 is 17.9 Å². The van der Waals surface area contributed by atoms with Gasteiger partial charge in [-0.05, 0) is 47.2 Å². The summed E-state index contributed by atoms with van der Waals surface area (Å²) in [6.45, 7) is 2.81. The number of halogens is 1. The van der Waals surface area contributed by atoms with Gasteiger partial charge in [-0.1, -0.05) is 41.9 Å². The summed E-state index contributed by atoms with van der Waals surface area (Å²) in [4.78, 5) is 37.0. The van der Waals surface area contributed by atoms with E-state index in [1.54, 1.807) is 23.5 Å². The van der Waals surface area contributed by atoms with Gasteiger partial charge in [0, 0.05) is 29.9 Å². The Labute approximate surface area is 206 Å². The number of methoxy groups -OCH3 is 1. The number of carboxylic acids is 1. The number of hydrogen-bond donors (Lipinski definition) is 1. The number of esters is 2. The van der Waals surface area contributed by atoms with Gasteiger partial charge in [0.15, 0.2) is 0 Å². The van der Waals surface area contributed by atoms with Crippen LogP contribution in [0.25, 0.3) is 0 Å². The van der Waals surface area contributed by atoms with Crippen molar-refractivity contribution < 1.29 is 29.0 Å². The lowest BCUT2D eigenvalue weighted by molar-refractivity contribution is -0.147. The predicted molar refractivity (Wildman–Crippen MR) is 129 cm³/mol. The van der Waals surface area contributed by atoms with E-state index in [0.717, 1.165) is 25.1 Å². The van der Waals surface area contributed by atoms with E-state index in [-0.39, 0.29) is 17.3 Å². The quantitative estimate of drug-likeness (QED) is 0.389. The molecule has 0 fully saturated rings. The maximum Gasteiger partial charge on any atom is 0.339 e. The van der Waals surface area contributed by atoms with E-state index < -0.39 is 18.0 Å². The second-order valence-electron chi connectivity index (χ2n) is 7.43. The van der Waals surface area contributed by atoms with Gasteiger partial charge in [0.2, 0.25) is 0 Å². The topological polar surface area (TPSA) is 93.1 Å². The molecule has 1 aliphatic rings. The first-order chi connectivity index (χ1) is 16.3. The molecule has 1 atom stereocenters. The van der Waals surface area contributed by atoms with Gasteiger partial charge < -0.3 is 14.6 Å². The van der Waals surface area contributed by atoms with Gasteiger partial charge in [0.1, 0.15) is 17.4 Å². The molecule has 1 N–H and O–H groups in total. The zero-order valence-corrected chi connectivity index (χ0v) is 20.3. The minimum Gasteiger partial charge on any atom is -0.478 e. The maximum absolute atomic E-state index is 12.3. The van der Waals surface area contributed by atoms with Crippen LogP contribution in [0.2, 0.25) is 5.02 Å². The summed E-state index contributed by atoms with van der Waals surface area (Å²) in [6, 6.07) is 15.1. The fourth-order valence-corrected chi connectivity index (χ4v) is 4.79. The fourth-order valence-electron chi connectivity index (χ4n) is 3.66. The molecule has 0 aliphatic carbocycles. The summed E-state index contributed by atoms with van der Waals surface area (Å²) in [7, 11) is 1.42. The zero-order valence-electron chi connectivity index (χ0n) is 18.7. The monoisotopic (exact) mass is 501 g/mol. The number of benzene rings is 2. The summed E-state index contributed by atoms with van der Waals surface area (Å²) >= 11 is 8.07. The molecule has 1 aliphatic heterocycles. The number of carbonyl (C=O) groups is 3. The van der Waals surface area contributed by atoms with Crippen molar-refractivity contribution in [3.05, 3.63) is 86.6 Å². The summed E-state index contributed by atoms with van der Waals surface area (Å²) < 4.78 is 9.69. The molecule has 0 unspecified atom stereocenters. The van der Waals surface area contributed by atoms with Crippen LogP contribution < -0.4 is 4.74 Å². The van der Waals surface area contributed by atoms with Crippen molar-refractivity contribution in [3.8, 4) is 5.75 Å². The number of carbonyl (C=O) groups excluding carboxylic acids is 2. The smallest absolute Gasteiger partial charge is 0.339 e. The van der Waals surface area contributed by atoms with E-state index in [2.05, 4.69) is 21.1 Å². The number of ether oxygens (including phenoxy) is 2. The first-order valence-electron chi connectivity index (χ1n) is 10.4. The number of nitrogens with zero attached hydrogens (tertiary/aromatic N) is 1. The lowest BCUT2D eigenvalue weighted by Crippen LogP contribution is -2.38. The molecule has 0 spiro atoms. The lowest BCUT2D eigenvalue weighted by Gasteiger charge is -2.33. The number of carboxylic acid groups (broad SMARTS) is 1. The molecular weight excluding hydrogens is 478 g/mol. The molecule has 34 heavy (non-hydrogen) atoms. The molecule has 2 aromatic carbocycles. The van der Waals surface area contributed by atoms with E-state index in [1.165, 1.54) is 36.6 Å². The summed E-state index contributed by atoms with van der Waals surface area (Å²) in [6.07, 6.45) is 0.963. The van der Waals surface area contributed by atoms with Gasteiger partial charge in [-0.2, -0.15) is 0 Å². The molecule has 0 bridgehead atoms. The Bertz CT molecular complexity index is 1180. The van der Waals surface area contributed by atoms with Crippen molar-refractivity contribution in [2.75, 3.05) is 13.7 Å². The van der Waals surface area contributed by atoms with Crippen molar-refractivity contribution in [1.82, 2.24) is 4.90 Å². The zero-order chi connectivity index (χ0) is 24.7. The van der Waals surface area contributed by atoms with Crippen molar-refractivity contribution in [2.24, 2.45) is 0 Å². The van der Waals surface area contributed by atoms with Gasteiger partial charge in [0.25, 0.3) is 0 Å². The van der Waals surface area contributed by atoms with Crippen LogP contribution in [0.3, 0.4) is 0 Å². The molecule has 7 nitrogen and oxygen atoms in total. The van der Waals surface area contributed by atoms with Crippen LogP contribution >= 0.6 is 22.9 Å². The van der Waals surface area contributed by atoms with Crippen molar-refractivity contribution in [3.63, 3.8) is 0 Å². The highest BCUT2D eigenvalue weighted by Gasteiger charge is 2.32. The third-order valence-electron chi connectivity index (χ3n) is 5.20. The Morgan fingerprint density at radius 1 is 1.09 bits per heavy atom. The van der Waals surface area contributed by atoms with Crippen LogP contribution in [0.1, 0.15) is 39.3 Å². The molecule has 0 saturated heterocycles. The molecule has 9 heteroatoms. The Morgan fingerprint density at radius 2 is 1.79 bits per heavy atom. The number of aromatic carboxylic acids is 1. The molecule has 3 aromatic rings. The summed E-state index contributed by atoms with van der Waals surface area (Å²) in [5.74, 6) is -1.84. The molecule has 4 rings (SSSR count). The van der Waals surface area contributed by atoms with E-state index in [1.807, 2.05) is 24.3 Å². The van der Waals surface area contributed by atoms with Crippen LogP contribution in [-0.4, -0.2) is 41.6 Å². The highest BCUT2D eigenvalue weighted by molar-refractivity contribution is 7.10. The number of para-hydroxylation sites is 1. The number of rotatable bonds is 5. The molecular formula is C25H24ClNO6S. The highest BCUT2D eigenvalue weighted by atomic mass is 35.5. The van der Waals surface area contributed by atoms with E-state index in [9.17, 15) is 14.4 Å². The summed E-state index contributed by atoms with van der Waals surface area (Å²) in [5.41, 5.74) is 2.09. The predicted octanol–water partition coefficient (Wildman–Crippen LogP) is 4.98. The second-order valence-corrected chi connectivity index (χ2v) is 8.84. The highest BCUT2D eigenvalue weighted by Crippen LogP contribution is 2.33. The van der Waals surface area contributed by atoms with Crippen molar-refractivity contribution in [2.45, 2.75) is 25.9 Å². The Hall–Kier alpha value is -3.20. The third-order valence-corrected chi connectivity index (χ3v) is 6.56. The van der Waals surface area contributed by atoms with Crippen LogP contribution in [0.4, 0.5) is 0 Å². The van der Waals surface area contributed by atoms with E-state index in [0.29, 0.717) is 5.02 Å². The molecule has 178 valence electrons. The summed E-state index contributed by atoms with van der Waals surface area (Å²) in [5, 5.41) is 11.4. The standard InChI is InChI=1S/C16H16ClNO2S.C9H8O4/c1-20-16(19)15(12-4-2-3-5-13(12)17)18-8-6-14-11(10-18)7-9-21-14;1-6(10)13-8-5-3-2-4-7(8)9(11)12/h2-5,7,9,15H,6,8,10H2,1H3;2-5H,1H3,(H,11,12)/t15-;/m0./s1. The van der Waals surface area contributed by atoms with Gasteiger partial charge in [0.05, 0.1) is 7.11 Å². The second kappa shape index (κ2) is 11.8. The minimum atomic E-state index is -1.11. The Balaban J connectivity index is 0.000000215. The largest absolute Gasteiger partial charge is 0.478 e. The van der Waals surface area contributed by atoms with Crippen LogP contribution in [0.5, 0.6) is 5.75 Å². The molecule has 0 radical (unpaired) electrons. The molecule has 2 heterocycles.